The van der Waals surface area contributed by atoms with Crippen LogP contribution in [0.1, 0.15) is 22.6 Å². The number of aromatic nitrogens is 4. The van der Waals surface area contributed by atoms with Crippen LogP contribution < -0.4 is 9.47 Å². The highest BCUT2D eigenvalue weighted by atomic mass is 16.5. The first kappa shape index (κ1) is 19.7. The van der Waals surface area contributed by atoms with Crippen molar-refractivity contribution in [2.75, 3.05) is 7.11 Å². The van der Waals surface area contributed by atoms with Crippen molar-refractivity contribution >= 4 is 16.4 Å². The van der Waals surface area contributed by atoms with E-state index in [9.17, 15) is 0 Å². The van der Waals surface area contributed by atoms with E-state index in [-0.39, 0.29) is 5.92 Å². The van der Waals surface area contributed by atoms with Crippen molar-refractivity contribution in [2.45, 2.75) is 5.92 Å². The highest BCUT2D eigenvalue weighted by molar-refractivity contribution is 5.91. The smallest absolute Gasteiger partial charge is 0.228 e. The Morgan fingerprint density at radius 2 is 1.63 bits per heavy atom. The maximum Gasteiger partial charge on any atom is 0.228 e. The van der Waals surface area contributed by atoms with Gasteiger partial charge in [0.1, 0.15) is 17.8 Å². The Bertz CT molecular complexity index is 1710. The topological polar surface area (TPSA) is 61.5 Å². The number of nitrogens with zero attached hydrogens (tertiary/aromatic N) is 4. The van der Waals surface area contributed by atoms with Crippen LogP contribution in [0.25, 0.3) is 27.8 Å². The molecule has 0 saturated heterocycles. The Morgan fingerprint density at radius 3 is 2.46 bits per heavy atom. The molecule has 7 rings (SSSR count). The summed E-state index contributed by atoms with van der Waals surface area (Å²) in [6.07, 6.45) is 1.67. The molecule has 0 spiro atoms. The SMILES string of the molecule is COc1ccc(C2c3c(ccc4ccccc34)Oc3ncn4nc(-c5ccccc5)nc4c32)cc1. The Kier molecular flexibility index (Phi) is 4.32. The molecule has 6 nitrogen and oxygen atoms in total. The van der Waals surface area contributed by atoms with Crippen molar-refractivity contribution in [1.82, 2.24) is 19.6 Å². The van der Waals surface area contributed by atoms with Crippen LogP contribution >= 0.6 is 0 Å². The summed E-state index contributed by atoms with van der Waals surface area (Å²) in [5, 5.41) is 7.03. The van der Waals surface area contributed by atoms with Gasteiger partial charge in [0.05, 0.1) is 12.7 Å². The van der Waals surface area contributed by atoms with Crippen LogP contribution in [0.5, 0.6) is 17.4 Å². The minimum atomic E-state index is -0.144. The van der Waals surface area contributed by atoms with E-state index in [0.717, 1.165) is 50.2 Å². The fourth-order valence-corrected chi connectivity index (χ4v) is 4.94. The van der Waals surface area contributed by atoms with Gasteiger partial charge < -0.3 is 9.47 Å². The van der Waals surface area contributed by atoms with Gasteiger partial charge in [-0.2, -0.15) is 0 Å². The molecule has 3 heterocycles. The van der Waals surface area contributed by atoms with E-state index in [1.165, 1.54) is 0 Å². The summed E-state index contributed by atoms with van der Waals surface area (Å²) in [5.74, 6) is 2.67. The van der Waals surface area contributed by atoms with Gasteiger partial charge in [-0.3, -0.25) is 0 Å². The molecule has 1 atom stereocenters. The number of hydrogen-bond donors (Lipinski definition) is 0. The number of methoxy groups -OCH3 is 1. The second-order valence-corrected chi connectivity index (χ2v) is 8.54. The van der Waals surface area contributed by atoms with E-state index in [1.54, 1.807) is 18.0 Å². The molecule has 4 aromatic carbocycles. The largest absolute Gasteiger partial charge is 0.497 e. The van der Waals surface area contributed by atoms with Gasteiger partial charge in [0.2, 0.25) is 5.88 Å². The minimum Gasteiger partial charge on any atom is -0.497 e. The van der Waals surface area contributed by atoms with E-state index < -0.39 is 0 Å². The predicted molar refractivity (Wildman–Crippen MR) is 134 cm³/mol. The first-order valence-corrected chi connectivity index (χ1v) is 11.4. The van der Waals surface area contributed by atoms with E-state index in [1.807, 2.05) is 48.5 Å². The first-order chi connectivity index (χ1) is 17.3. The van der Waals surface area contributed by atoms with Crippen molar-refractivity contribution < 1.29 is 9.47 Å². The number of rotatable bonds is 3. The second-order valence-electron chi connectivity index (χ2n) is 8.54. The lowest BCUT2D eigenvalue weighted by molar-refractivity contribution is 0.414. The molecule has 0 aliphatic carbocycles. The lowest BCUT2D eigenvalue weighted by atomic mass is 9.81. The van der Waals surface area contributed by atoms with E-state index in [2.05, 4.69) is 47.4 Å². The van der Waals surface area contributed by atoms with Gasteiger partial charge in [0, 0.05) is 17.0 Å². The number of fused-ring (bicyclic) bond motifs is 6. The number of benzene rings is 4. The molecule has 0 radical (unpaired) electrons. The van der Waals surface area contributed by atoms with Crippen LogP contribution in [0.3, 0.4) is 0 Å². The normalized spacial score (nSPS) is 14.4. The van der Waals surface area contributed by atoms with E-state index in [4.69, 9.17) is 19.6 Å². The second kappa shape index (κ2) is 7.67. The molecule has 6 heteroatoms. The summed E-state index contributed by atoms with van der Waals surface area (Å²) in [6, 6.07) is 30.7. The third-order valence-corrected chi connectivity index (χ3v) is 6.58. The molecular weight excluding hydrogens is 436 g/mol. The Balaban J connectivity index is 1.53. The summed E-state index contributed by atoms with van der Waals surface area (Å²) < 4.78 is 13.6. The molecule has 2 aromatic heterocycles. The third-order valence-electron chi connectivity index (χ3n) is 6.58. The van der Waals surface area contributed by atoms with Gasteiger partial charge in [0.25, 0.3) is 0 Å². The number of hydrogen-bond acceptors (Lipinski definition) is 5. The summed E-state index contributed by atoms with van der Waals surface area (Å²) in [7, 11) is 1.68. The van der Waals surface area contributed by atoms with E-state index in [0.29, 0.717) is 11.7 Å². The van der Waals surface area contributed by atoms with Gasteiger partial charge in [-0.1, -0.05) is 72.8 Å². The summed E-state index contributed by atoms with van der Waals surface area (Å²) in [6.45, 7) is 0. The predicted octanol–water partition coefficient (Wildman–Crippen LogP) is 6.24. The average Bonchev–Trinajstić information content (AvgIpc) is 3.37. The summed E-state index contributed by atoms with van der Waals surface area (Å²) >= 11 is 0. The molecule has 6 aromatic rings. The van der Waals surface area contributed by atoms with Crippen molar-refractivity contribution in [1.29, 1.82) is 0 Å². The van der Waals surface area contributed by atoms with Crippen molar-refractivity contribution in [2.24, 2.45) is 0 Å². The molecule has 0 saturated carbocycles. The van der Waals surface area contributed by atoms with Crippen LogP contribution in [-0.4, -0.2) is 26.7 Å². The molecule has 0 bridgehead atoms. The Morgan fingerprint density at radius 1 is 0.829 bits per heavy atom. The minimum absolute atomic E-state index is 0.144. The molecular formula is C29H20N4O2. The van der Waals surface area contributed by atoms with Crippen LogP contribution in [0, 0.1) is 0 Å². The van der Waals surface area contributed by atoms with E-state index >= 15 is 0 Å². The Hall–Kier alpha value is -4.71. The molecule has 1 unspecified atom stereocenters. The molecule has 0 fully saturated rings. The molecule has 1 aliphatic heterocycles. The van der Waals surface area contributed by atoms with Crippen molar-refractivity contribution in [3.05, 3.63) is 114 Å². The van der Waals surface area contributed by atoms with Crippen LogP contribution in [0.4, 0.5) is 0 Å². The zero-order chi connectivity index (χ0) is 23.4. The zero-order valence-electron chi connectivity index (χ0n) is 18.9. The fraction of sp³-hybridized carbons (Fsp3) is 0.0690. The van der Waals surface area contributed by atoms with Crippen LogP contribution in [0.2, 0.25) is 0 Å². The summed E-state index contributed by atoms with van der Waals surface area (Å²) in [4.78, 5) is 9.62. The lowest BCUT2D eigenvalue weighted by Gasteiger charge is -2.29. The molecule has 35 heavy (non-hydrogen) atoms. The van der Waals surface area contributed by atoms with Gasteiger partial charge in [-0.25, -0.2) is 14.5 Å². The molecule has 168 valence electrons. The van der Waals surface area contributed by atoms with Gasteiger partial charge >= 0.3 is 0 Å². The molecule has 0 amide bonds. The lowest BCUT2D eigenvalue weighted by Crippen LogP contribution is -2.15. The Labute approximate surface area is 201 Å². The van der Waals surface area contributed by atoms with Gasteiger partial charge in [0.15, 0.2) is 11.5 Å². The van der Waals surface area contributed by atoms with Crippen molar-refractivity contribution in [3.63, 3.8) is 0 Å². The molecule has 0 N–H and O–H groups in total. The average molecular weight is 457 g/mol. The quantitative estimate of drug-likeness (QED) is 0.315. The molecule has 1 aliphatic rings. The first-order valence-electron chi connectivity index (χ1n) is 11.4. The fourth-order valence-electron chi connectivity index (χ4n) is 4.94. The summed E-state index contributed by atoms with van der Waals surface area (Å²) in [5.41, 5.74) is 4.78. The maximum atomic E-state index is 6.39. The highest BCUT2D eigenvalue weighted by Crippen LogP contribution is 2.50. The number of ether oxygens (including phenoxy) is 2. The van der Waals surface area contributed by atoms with Crippen LogP contribution in [-0.2, 0) is 0 Å². The third kappa shape index (κ3) is 3.07. The highest BCUT2D eigenvalue weighted by Gasteiger charge is 2.34. The standard InChI is InChI=1S/C29H20N4O2/c1-34-21-14-11-19(12-15-21)24-25-22-10-6-5-7-18(22)13-16-23(25)35-29-26(24)28-31-27(32-33(28)17-30-29)20-8-3-2-4-9-20/h2-17,24H,1H3. The maximum absolute atomic E-state index is 6.39. The van der Waals surface area contributed by atoms with Crippen molar-refractivity contribution in [3.8, 4) is 28.8 Å². The zero-order valence-corrected chi connectivity index (χ0v) is 18.9. The monoisotopic (exact) mass is 456 g/mol. The van der Waals surface area contributed by atoms with Gasteiger partial charge in [-0.05, 0) is 34.5 Å². The van der Waals surface area contributed by atoms with Crippen LogP contribution in [0.15, 0.2) is 97.3 Å². The van der Waals surface area contributed by atoms with Gasteiger partial charge in [-0.15, -0.1) is 5.10 Å².